The summed E-state index contributed by atoms with van der Waals surface area (Å²) in [7, 11) is 0. The fourth-order valence-corrected chi connectivity index (χ4v) is 3.54. The lowest BCUT2D eigenvalue weighted by atomic mass is 10.1. The van der Waals surface area contributed by atoms with Gasteiger partial charge in [0.15, 0.2) is 0 Å². The third-order valence-electron chi connectivity index (χ3n) is 4.59. The first-order valence-electron chi connectivity index (χ1n) is 9.39. The predicted octanol–water partition coefficient (Wildman–Crippen LogP) is 5.53. The molecule has 0 saturated heterocycles. The Morgan fingerprint density at radius 3 is 2.03 bits per heavy atom. The topological polar surface area (TPSA) is 58.6 Å². The number of benzene rings is 3. The van der Waals surface area contributed by atoms with E-state index in [1.165, 1.54) is 0 Å². The van der Waals surface area contributed by atoms with Gasteiger partial charge in [0.2, 0.25) is 0 Å². The minimum atomic E-state index is -0.565. The number of rotatable bonds is 5. The summed E-state index contributed by atoms with van der Waals surface area (Å²) in [6.45, 7) is 3.92. The molecule has 0 fully saturated rings. The minimum absolute atomic E-state index is 0.0660. The molecule has 6 heteroatoms. The Morgan fingerprint density at radius 1 is 0.800 bits per heavy atom. The smallest absolute Gasteiger partial charge is 0.283 e. The Morgan fingerprint density at radius 2 is 1.40 bits per heavy atom. The zero-order chi connectivity index (χ0) is 21.3. The van der Waals surface area contributed by atoms with Crippen molar-refractivity contribution in [3.05, 3.63) is 94.7 Å². The van der Waals surface area contributed by atoms with E-state index in [1.807, 2.05) is 62.4 Å². The quantitative estimate of drug-likeness (QED) is 0.553. The number of amides is 2. The summed E-state index contributed by atoms with van der Waals surface area (Å²) in [5.41, 5.74) is 3.26. The lowest BCUT2D eigenvalue weighted by Gasteiger charge is -2.16. The molecule has 5 nitrogen and oxygen atoms in total. The molecule has 0 bridgehead atoms. The highest BCUT2D eigenvalue weighted by atomic mass is 35.5. The van der Waals surface area contributed by atoms with Crippen LogP contribution in [-0.2, 0) is 9.59 Å². The Kier molecular flexibility index (Phi) is 5.29. The maximum atomic E-state index is 12.9. The number of hydrogen-bond donors (Lipinski definition) is 1. The van der Waals surface area contributed by atoms with Crippen molar-refractivity contribution in [2.45, 2.75) is 13.8 Å². The highest BCUT2D eigenvalue weighted by Gasteiger charge is 2.39. The van der Waals surface area contributed by atoms with Gasteiger partial charge in [-0.1, -0.05) is 35.9 Å². The van der Waals surface area contributed by atoms with Gasteiger partial charge < -0.3 is 10.1 Å². The van der Waals surface area contributed by atoms with E-state index in [0.717, 1.165) is 16.0 Å². The monoisotopic (exact) mass is 418 g/mol. The number of hydrogen-bond acceptors (Lipinski definition) is 4. The van der Waals surface area contributed by atoms with Crippen LogP contribution in [-0.4, -0.2) is 11.8 Å². The molecule has 1 aliphatic heterocycles. The molecule has 4 rings (SSSR count). The zero-order valence-electron chi connectivity index (χ0n) is 16.5. The number of ether oxygens (including phenoxy) is 1. The fraction of sp³-hybridized carbons (Fsp3) is 0.0833. The Labute approximate surface area is 179 Å². The second kappa shape index (κ2) is 8.05. The molecular formula is C24H19ClN2O3. The average molecular weight is 419 g/mol. The molecule has 1 aliphatic rings. The molecule has 0 atom stereocenters. The molecule has 1 N–H and O–H groups in total. The number of halogens is 1. The largest absolute Gasteiger partial charge is 0.457 e. The number of aryl methyl sites for hydroxylation is 2. The first-order valence-corrected chi connectivity index (χ1v) is 9.77. The molecule has 0 spiro atoms. The van der Waals surface area contributed by atoms with Crippen molar-refractivity contribution in [3.63, 3.8) is 0 Å². The van der Waals surface area contributed by atoms with E-state index in [0.29, 0.717) is 22.9 Å². The molecule has 0 saturated carbocycles. The summed E-state index contributed by atoms with van der Waals surface area (Å²) in [5, 5.41) is 2.87. The SMILES string of the molecule is Cc1cc(C)cc(NC2=C(Cl)C(=O)N(c3ccc(Oc4ccccc4)cc3)C2=O)c1. The molecule has 30 heavy (non-hydrogen) atoms. The lowest BCUT2D eigenvalue weighted by Crippen LogP contribution is -2.32. The van der Waals surface area contributed by atoms with E-state index in [2.05, 4.69) is 5.32 Å². The van der Waals surface area contributed by atoms with E-state index in [-0.39, 0.29) is 10.7 Å². The maximum Gasteiger partial charge on any atom is 0.283 e. The zero-order valence-corrected chi connectivity index (χ0v) is 17.2. The van der Waals surface area contributed by atoms with E-state index in [9.17, 15) is 9.59 Å². The highest BCUT2D eigenvalue weighted by molar-refractivity contribution is 6.53. The van der Waals surface area contributed by atoms with E-state index in [4.69, 9.17) is 16.3 Å². The van der Waals surface area contributed by atoms with Crippen molar-refractivity contribution in [2.24, 2.45) is 0 Å². The van der Waals surface area contributed by atoms with Gasteiger partial charge in [-0.2, -0.15) is 0 Å². The van der Waals surface area contributed by atoms with Gasteiger partial charge >= 0.3 is 0 Å². The second-order valence-electron chi connectivity index (χ2n) is 7.05. The third kappa shape index (κ3) is 3.93. The summed E-state index contributed by atoms with van der Waals surface area (Å²) < 4.78 is 5.76. The fourth-order valence-electron chi connectivity index (χ4n) is 3.32. The molecule has 1 heterocycles. The van der Waals surface area contributed by atoms with E-state index in [1.54, 1.807) is 24.3 Å². The molecular weight excluding hydrogens is 400 g/mol. The van der Waals surface area contributed by atoms with Gasteiger partial charge in [0.1, 0.15) is 22.2 Å². The number of anilines is 2. The van der Waals surface area contributed by atoms with Crippen LogP contribution in [0.15, 0.2) is 83.5 Å². The van der Waals surface area contributed by atoms with Gasteiger partial charge in [0.25, 0.3) is 11.8 Å². The Hall–Kier alpha value is -3.57. The van der Waals surface area contributed by atoms with Crippen molar-refractivity contribution in [3.8, 4) is 11.5 Å². The van der Waals surface area contributed by atoms with Gasteiger partial charge in [0.05, 0.1) is 5.69 Å². The maximum absolute atomic E-state index is 12.9. The summed E-state index contributed by atoms with van der Waals surface area (Å²) in [6.07, 6.45) is 0. The average Bonchev–Trinajstić information content (AvgIpc) is 2.92. The van der Waals surface area contributed by atoms with E-state index >= 15 is 0 Å². The summed E-state index contributed by atoms with van der Waals surface area (Å²) >= 11 is 6.22. The molecule has 0 radical (unpaired) electrons. The van der Waals surface area contributed by atoms with Crippen molar-refractivity contribution in [2.75, 3.05) is 10.2 Å². The molecule has 3 aromatic rings. The first-order chi connectivity index (χ1) is 14.4. The van der Waals surface area contributed by atoms with Gasteiger partial charge in [-0.25, -0.2) is 4.90 Å². The van der Waals surface area contributed by atoms with Crippen LogP contribution in [0, 0.1) is 13.8 Å². The predicted molar refractivity (Wildman–Crippen MR) is 118 cm³/mol. The van der Waals surface area contributed by atoms with Crippen molar-refractivity contribution in [1.29, 1.82) is 0 Å². The number of nitrogens with zero attached hydrogens (tertiary/aromatic N) is 1. The summed E-state index contributed by atoms with van der Waals surface area (Å²) in [6, 6.07) is 21.8. The molecule has 2 amide bonds. The van der Waals surface area contributed by atoms with E-state index < -0.39 is 11.8 Å². The number of nitrogens with one attached hydrogen (secondary N) is 1. The van der Waals surface area contributed by atoms with Crippen molar-refractivity contribution < 1.29 is 14.3 Å². The van der Waals surface area contributed by atoms with Gasteiger partial charge in [-0.3, -0.25) is 9.59 Å². The Balaban J connectivity index is 1.54. The third-order valence-corrected chi connectivity index (χ3v) is 4.94. The van der Waals surface area contributed by atoms with Crippen LogP contribution in [0.25, 0.3) is 0 Å². The Bertz CT molecular complexity index is 1130. The van der Waals surface area contributed by atoms with Crippen LogP contribution in [0.5, 0.6) is 11.5 Å². The minimum Gasteiger partial charge on any atom is -0.457 e. The van der Waals surface area contributed by atoms with Crippen LogP contribution < -0.4 is 15.0 Å². The highest BCUT2D eigenvalue weighted by Crippen LogP contribution is 2.32. The lowest BCUT2D eigenvalue weighted by molar-refractivity contribution is -0.120. The molecule has 3 aromatic carbocycles. The van der Waals surface area contributed by atoms with Crippen LogP contribution in [0.2, 0.25) is 0 Å². The summed E-state index contributed by atoms with van der Waals surface area (Å²) in [5.74, 6) is 0.228. The van der Waals surface area contributed by atoms with Crippen LogP contribution in [0.3, 0.4) is 0 Å². The van der Waals surface area contributed by atoms with Crippen LogP contribution >= 0.6 is 11.6 Å². The second-order valence-corrected chi connectivity index (χ2v) is 7.42. The van der Waals surface area contributed by atoms with Gasteiger partial charge in [-0.15, -0.1) is 0 Å². The number of carbonyl (C=O) groups is 2. The summed E-state index contributed by atoms with van der Waals surface area (Å²) in [4.78, 5) is 26.7. The molecule has 0 aliphatic carbocycles. The van der Waals surface area contributed by atoms with Crippen LogP contribution in [0.1, 0.15) is 11.1 Å². The van der Waals surface area contributed by atoms with Gasteiger partial charge in [-0.05, 0) is 73.5 Å². The molecule has 0 aromatic heterocycles. The number of imide groups is 1. The van der Waals surface area contributed by atoms with Crippen LogP contribution in [0.4, 0.5) is 11.4 Å². The first kappa shape index (κ1) is 19.7. The van der Waals surface area contributed by atoms with Crippen molar-refractivity contribution >= 4 is 34.8 Å². The van der Waals surface area contributed by atoms with Gasteiger partial charge in [0, 0.05) is 5.69 Å². The number of para-hydroxylation sites is 1. The normalized spacial score (nSPS) is 13.8. The molecule has 150 valence electrons. The molecule has 0 unspecified atom stereocenters. The number of carbonyl (C=O) groups excluding carboxylic acids is 2. The van der Waals surface area contributed by atoms with Crippen molar-refractivity contribution in [1.82, 2.24) is 0 Å². The standard InChI is InChI=1S/C24H19ClN2O3/c1-15-12-16(2)14-17(13-15)26-22-21(25)23(28)27(24(22)29)18-8-10-20(11-9-18)30-19-6-4-3-5-7-19/h3-14,26H,1-2H3.